The summed E-state index contributed by atoms with van der Waals surface area (Å²) in [6, 6.07) is 0. The van der Waals surface area contributed by atoms with E-state index in [0.717, 1.165) is 0 Å². The number of halogens is 20. The number of hydrogen-bond acceptors (Lipinski definition) is 0. The predicted octanol–water partition coefficient (Wildman–Crippen LogP) is -63.9. The van der Waals surface area contributed by atoms with Gasteiger partial charge in [-0.3, -0.25) is 0 Å². The smallest absolute Gasteiger partial charge is 1.00 e. The van der Waals surface area contributed by atoms with Crippen molar-refractivity contribution < 1.29 is 357 Å². The van der Waals surface area contributed by atoms with Gasteiger partial charge in [0.15, 0.2) is 0 Å². The Bertz CT molecular complexity index is 93.2. The van der Waals surface area contributed by atoms with E-state index in [1.807, 2.05) is 0 Å². The van der Waals surface area contributed by atoms with Crippen molar-refractivity contribution in [1.29, 1.82) is 0 Å². The van der Waals surface area contributed by atoms with E-state index in [0.29, 0.717) is 0 Å². The van der Waals surface area contributed by atoms with Crippen LogP contribution in [0.2, 0.25) is 0 Å². The van der Waals surface area contributed by atoms with Gasteiger partial charge in [-0.25, -0.2) is 0 Å². The van der Waals surface area contributed by atoms with Gasteiger partial charge < -0.3 is 357 Å². The van der Waals surface area contributed by atoms with E-state index < -0.39 is 0 Å². The molecule has 0 saturated carbocycles. The van der Waals surface area contributed by atoms with Crippen LogP contribution in [0.1, 0.15) is 2.85 Å². The molecule has 0 aromatic carbocycles. The van der Waals surface area contributed by atoms with Crippen LogP contribution in [0.15, 0.2) is 0 Å². The molecule has 31 heteroatoms. The molecule has 0 aliphatic heterocycles. The van der Waals surface area contributed by atoms with Gasteiger partial charge in [0.2, 0.25) is 0 Å². The van der Waals surface area contributed by atoms with Crippen LogP contribution >= 0.6 is 0 Å². The molecule has 0 aromatic rings. The van der Waals surface area contributed by atoms with Crippen molar-refractivity contribution in [2.45, 2.75) is 0 Å². The molecule has 0 spiro atoms. The zero-order valence-corrected chi connectivity index (χ0v) is 65.3. The molecule has 0 saturated heterocycles. The monoisotopic (exact) mass is 2100 g/mol. The SMILES string of the molecule is [Ba+2].[Ba+2].[Be+2].[Be+2].[Be+2].[Br-].[Br-].[Br-].[Br-].[Br-].[Br-].[Br-].[Br-].[Ca+2].[Ca+2].[Ca+2].[Cl-].[Cl-].[Cl-].[Cl-].[Cl-].[Cl-].[H-].[H-].[I-].[I-].[I-].[I-].[I-].[I-].[Mg+2].[Mg+2].[Mg+2]. The average molecular weight is 2110 g/mol. The van der Waals surface area contributed by atoms with Gasteiger partial charge in [-0.1, -0.05) is 0 Å². The summed E-state index contributed by atoms with van der Waals surface area (Å²) in [6.45, 7) is 0. The fourth-order valence-corrected chi connectivity index (χ4v) is 0. The van der Waals surface area contributed by atoms with Crippen LogP contribution in [0.25, 0.3) is 0 Å². The van der Waals surface area contributed by atoms with E-state index in [2.05, 4.69) is 0 Å². The molecule has 0 fully saturated rings. The van der Waals surface area contributed by atoms with E-state index in [1.54, 1.807) is 0 Å². The minimum atomic E-state index is 0. The first-order chi connectivity index (χ1) is 0. The molecular formula is H2Ba2Be3Br8Ca3Cl6I6Mg3. The third kappa shape index (κ3) is 292. The largest absolute Gasteiger partial charge is 2.00 e. The maximum absolute atomic E-state index is 0. The normalized spacial score (nSPS) is 0. The van der Waals surface area contributed by atoms with Crippen LogP contribution in [0.4, 0.5) is 0 Å². The Morgan fingerprint density at radius 2 is 0.258 bits per heavy atom. The van der Waals surface area contributed by atoms with Crippen molar-refractivity contribution in [2.24, 2.45) is 0 Å². The Hall–Kier alpha value is 19.7. The molecule has 0 aromatic heterocycles. The molecule has 0 N–H and O–H groups in total. The second-order valence-corrected chi connectivity index (χ2v) is 0. The Kier molecular flexibility index (Phi) is 3160. The first kappa shape index (κ1) is 323. The molecule has 0 aliphatic carbocycles. The molecule has 0 unspecified atom stereocenters. The summed E-state index contributed by atoms with van der Waals surface area (Å²) in [5.74, 6) is 0. The molecule has 0 atom stereocenters. The Labute approximate surface area is 646 Å². The number of hydrogen-bond donors (Lipinski definition) is 0. The van der Waals surface area contributed by atoms with Crippen LogP contribution < -0.4 is 354 Å². The van der Waals surface area contributed by atoms with Crippen LogP contribution in [-0.2, 0) is 0 Å². The van der Waals surface area contributed by atoms with Crippen LogP contribution in [0, 0.1) is 0 Å². The Morgan fingerprint density at radius 3 is 0.258 bits per heavy atom. The van der Waals surface area contributed by atoms with Gasteiger partial charge in [0, 0.05) is 0 Å². The molecule has 0 amide bonds. The fourth-order valence-electron chi connectivity index (χ4n) is 0. The molecular weight excluding hydrogens is 2110 g/mol. The first-order valence-electron chi connectivity index (χ1n) is 0. The van der Waals surface area contributed by atoms with E-state index >= 15 is 0 Å². The van der Waals surface area contributed by atoms with Gasteiger partial charge in [-0.05, 0) is 0 Å². The zero-order valence-electron chi connectivity index (χ0n) is 17.3. The van der Waals surface area contributed by atoms with E-state index in [9.17, 15) is 0 Å². The van der Waals surface area contributed by atoms with Crippen LogP contribution in [0.3, 0.4) is 0 Å². The maximum Gasteiger partial charge on any atom is 2.00 e. The molecule has 0 heterocycles. The van der Waals surface area contributed by atoms with Crippen LogP contribution in [0.5, 0.6) is 0 Å². The maximum atomic E-state index is 0. The van der Waals surface area contributed by atoms with Crippen molar-refractivity contribution in [3.63, 3.8) is 0 Å². The van der Waals surface area contributed by atoms with Gasteiger partial charge in [0.1, 0.15) is 0 Å². The summed E-state index contributed by atoms with van der Waals surface area (Å²) in [5, 5.41) is 0. The molecule has 0 bridgehead atoms. The second-order valence-electron chi connectivity index (χ2n) is 0. The van der Waals surface area contributed by atoms with Gasteiger partial charge in [0.25, 0.3) is 0 Å². The third-order valence-electron chi connectivity index (χ3n) is 0. The van der Waals surface area contributed by atoms with Gasteiger partial charge >= 0.3 is 310 Å². The van der Waals surface area contributed by atoms with Gasteiger partial charge in [-0.2, -0.15) is 0 Å². The van der Waals surface area contributed by atoms with Gasteiger partial charge in [0.05, 0.1) is 0 Å². The summed E-state index contributed by atoms with van der Waals surface area (Å²) in [7, 11) is 0. The molecule has 31 heavy (non-hydrogen) atoms. The minimum Gasteiger partial charge on any atom is -1.00 e. The summed E-state index contributed by atoms with van der Waals surface area (Å²) < 4.78 is 0. The first-order valence-corrected chi connectivity index (χ1v) is 0. The van der Waals surface area contributed by atoms with E-state index in [4.69, 9.17) is 0 Å². The van der Waals surface area contributed by atoms with Crippen LogP contribution in [-0.4, -0.2) is 310 Å². The van der Waals surface area contributed by atoms with Crippen molar-refractivity contribution in [1.82, 2.24) is 0 Å². The van der Waals surface area contributed by atoms with E-state index in [1.165, 1.54) is 0 Å². The van der Waals surface area contributed by atoms with Crippen molar-refractivity contribution in [3.8, 4) is 0 Å². The summed E-state index contributed by atoms with van der Waals surface area (Å²) >= 11 is 0. The topological polar surface area (TPSA) is 0 Å². The van der Waals surface area contributed by atoms with E-state index in [-0.39, 0.29) is 668 Å². The quantitative estimate of drug-likeness (QED) is 0.168. The summed E-state index contributed by atoms with van der Waals surface area (Å²) in [6.07, 6.45) is 0. The third-order valence-corrected chi connectivity index (χ3v) is 0. The summed E-state index contributed by atoms with van der Waals surface area (Å²) in [4.78, 5) is 0. The second kappa shape index (κ2) is 304. The van der Waals surface area contributed by atoms with Crippen molar-refractivity contribution in [2.75, 3.05) is 0 Å². The van der Waals surface area contributed by atoms with Gasteiger partial charge in [-0.15, -0.1) is 0 Å². The summed E-state index contributed by atoms with van der Waals surface area (Å²) in [5.41, 5.74) is 0. The predicted molar refractivity (Wildman–Crippen MR) is 65.5 cm³/mol. The number of rotatable bonds is 0. The molecule has 0 rings (SSSR count). The Balaban J connectivity index is 0. The van der Waals surface area contributed by atoms with Crippen molar-refractivity contribution in [3.05, 3.63) is 0 Å². The average Bonchev–Trinajstić information content (AvgIpc) is 0. The molecule has 164 valence electrons. The standard InChI is InChI=1S/2Ba.3Be.8BrH.3Ca.6ClH.6HI.3Mg.2H/h;;;;;8*1H;;;;12*1H;;;;;/q5*+2;;;;;;;;;3*+2;;;;;;;;;;;;;3*+2;2*-1/p-20. The zero-order chi connectivity index (χ0) is 0. The fraction of sp³-hybridized carbons (Fsp3) is 0. The molecule has 0 radical (unpaired) electrons. The molecule has 0 aliphatic rings. The minimum absolute atomic E-state index is 0. The van der Waals surface area contributed by atoms with Crippen molar-refractivity contribution >= 4 is 310 Å². The Morgan fingerprint density at radius 1 is 0.258 bits per heavy atom. The molecule has 0 nitrogen and oxygen atoms in total.